The van der Waals surface area contributed by atoms with Gasteiger partial charge in [0.15, 0.2) is 0 Å². The van der Waals surface area contributed by atoms with E-state index in [1.54, 1.807) is 40.2 Å². The smallest absolute Gasteiger partial charge is 0.497 e. The Bertz CT molecular complexity index is 990. The predicted octanol–water partition coefficient (Wildman–Crippen LogP) is 5.26. The SMILES string of the molecule is CCOP(=O)(OCC)OC1=C(Cc2ccc(OC)cc2)COc2cc(OC)cc(OC)c21. The van der Waals surface area contributed by atoms with E-state index < -0.39 is 7.82 Å². The second-order valence-corrected chi connectivity index (χ2v) is 8.42. The summed E-state index contributed by atoms with van der Waals surface area (Å²) in [5.74, 6) is 2.63. The van der Waals surface area contributed by atoms with Crippen molar-refractivity contribution >= 4 is 13.6 Å². The maximum Gasteiger partial charge on any atom is 0.530 e. The molecule has 32 heavy (non-hydrogen) atoms. The Kier molecular flexibility index (Phi) is 8.07. The highest BCUT2D eigenvalue weighted by Gasteiger charge is 2.35. The summed E-state index contributed by atoms with van der Waals surface area (Å²) in [6, 6.07) is 11.1. The first-order valence-corrected chi connectivity index (χ1v) is 11.8. The lowest BCUT2D eigenvalue weighted by molar-refractivity contribution is 0.157. The highest BCUT2D eigenvalue weighted by atomic mass is 31.2. The quantitative estimate of drug-likeness (QED) is 0.417. The molecular formula is C23H29O8P. The number of phosphoric acid groups is 1. The molecule has 174 valence electrons. The average molecular weight is 464 g/mol. The number of benzene rings is 2. The van der Waals surface area contributed by atoms with Crippen LogP contribution in [-0.2, 0) is 24.6 Å². The molecule has 9 heteroatoms. The summed E-state index contributed by atoms with van der Waals surface area (Å²) in [6.07, 6.45) is 0.492. The van der Waals surface area contributed by atoms with E-state index in [2.05, 4.69) is 0 Å². The Morgan fingerprint density at radius 1 is 0.906 bits per heavy atom. The van der Waals surface area contributed by atoms with E-state index >= 15 is 0 Å². The van der Waals surface area contributed by atoms with Crippen LogP contribution in [0.3, 0.4) is 0 Å². The van der Waals surface area contributed by atoms with Gasteiger partial charge in [-0.25, -0.2) is 4.57 Å². The van der Waals surface area contributed by atoms with Crippen molar-refractivity contribution in [3.63, 3.8) is 0 Å². The third-order valence-corrected chi connectivity index (χ3v) is 6.35. The summed E-state index contributed by atoms with van der Waals surface area (Å²) in [5, 5.41) is 0. The molecule has 0 saturated heterocycles. The van der Waals surface area contributed by atoms with Crippen LogP contribution in [0.2, 0.25) is 0 Å². The summed E-state index contributed by atoms with van der Waals surface area (Å²) in [6.45, 7) is 4.02. The maximum atomic E-state index is 13.3. The first-order valence-electron chi connectivity index (χ1n) is 10.3. The van der Waals surface area contributed by atoms with Gasteiger partial charge in [-0.1, -0.05) is 12.1 Å². The first kappa shape index (κ1) is 24.0. The van der Waals surface area contributed by atoms with Gasteiger partial charge in [-0.15, -0.1) is 0 Å². The predicted molar refractivity (Wildman–Crippen MR) is 121 cm³/mol. The lowest BCUT2D eigenvalue weighted by Gasteiger charge is -2.28. The van der Waals surface area contributed by atoms with Crippen molar-refractivity contribution in [2.45, 2.75) is 20.3 Å². The van der Waals surface area contributed by atoms with Crippen molar-refractivity contribution < 1.29 is 37.1 Å². The van der Waals surface area contributed by atoms with Crippen LogP contribution in [0.5, 0.6) is 23.0 Å². The van der Waals surface area contributed by atoms with Gasteiger partial charge in [0.05, 0.1) is 34.5 Å². The fraction of sp³-hybridized carbons (Fsp3) is 0.391. The van der Waals surface area contributed by atoms with E-state index in [0.717, 1.165) is 16.9 Å². The Labute approximate surface area is 188 Å². The summed E-state index contributed by atoms with van der Waals surface area (Å²) in [7, 11) is 0.849. The van der Waals surface area contributed by atoms with E-state index in [1.165, 1.54) is 7.11 Å². The molecule has 0 bridgehead atoms. The van der Waals surface area contributed by atoms with Crippen molar-refractivity contribution in [3.05, 3.63) is 53.1 Å². The van der Waals surface area contributed by atoms with Crippen molar-refractivity contribution in [1.82, 2.24) is 0 Å². The van der Waals surface area contributed by atoms with Gasteiger partial charge >= 0.3 is 7.82 Å². The normalized spacial score (nSPS) is 13.3. The summed E-state index contributed by atoms with van der Waals surface area (Å²) in [5.41, 5.74) is 2.30. The highest BCUT2D eigenvalue weighted by molar-refractivity contribution is 7.48. The first-order chi connectivity index (χ1) is 15.5. The molecule has 0 radical (unpaired) electrons. The lowest BCUT2D eigenvalue weighted by atomic mass is 9.98. The topological polar surface area (TPSA) is 81.7 Å². The molecule has 0 saturated carbocycles. The molecule has 3 rings (SSSR count). The minimum absolute atomic E-state index is 0.168. The van der Waals surface area contributed by atoms with Gasteiger partial charge in [0.25, 0.3) is 0 Å². The molecule has 0 atom stereocenters. The number of ether oxygens (including phenoxy) is 4. The van der Waals surface area contributed by atoms with Crippen molar-refractivity contribution in [2.24, 2.45) is 0 Å². The molecule has 1 aliphatic rings. The van der Waals surface area contributed by atoms with Gasteiger partial charge in [0.1, 0.15) is 40.9 Å². The van der Waals surface area contributed by atoms with Crippen molar-refractivity contribution in [3.8, 4) is 23.0 Å². The molecule has 1 heterocycles. The zero-order valence-electron chi connectivity index (χ0n) is 19.0. The van der Waals surface area contributed by atoms with Gasteiger partial charge in [0.2, 0.25) is 0 Å². The molecule has 2 aromatic carbocycles. The molecule has 0 fully saturated rings. The lowest BCUT2D eigenvalue weighted by Crippen LogP contribution is -2.16. The van der Waals surface area contributed by atoms with Gasteiger partial charge in [-0.05, 0) is 31.5 Å². The fourth-order valence-electron chi connectivity index (χ4n) is 3.34. The van der Waals surface area contributed by atoms with Gasteiger partial charge in [-0.2, -0.15) is 0 Å². The molecule has 0 unspecified atom stereocenters. The maximum absolute atomic E-state index is 13.3. The Balaban J connectivity index is 2.12. The minimum Gasteiger partial charge on any atom is -0.497 e. The number of methoxy groups -OCH3 is 3. The molecule has 2 aromatic rings. The van der Waals surface area contributed by atoms with Crippen LogP contribution in [0, 0.1) is 0 Å². The van der Waals surface area contributed by atoms with E-state index in [1.807, 2.05) is 24.3 Å². The minimum atomic E-state index is -3.87. The second kappa shape index (κ2) is 10.8. The summed E-state index contributed by atoms with van der Waals surface area (Å²) < 4.78 is 52.2. The number of hydrogen-bond donors (Lipinski definition) is 0. The van der Waals surface area contributed by atoms with Gasteiger partial charge in [0, 0.05) is 24.1 Å². The van der Waals surface area contributed by atoms with Crippen LogP contribution in [-0.4, -0.2) is 41.2 Å². The van der Waals surface area contributed by atoms with Crippen LogP contribution in [0.1, 0.15) is 25.0 Å². The fourth-order valence-corrected chi connectivity index (χ4v) is 4.60. The zero-order chi connectivity index (χ0) is 23.1. The van der Waals surface area contributed by atoms with E-state index in [-0.39, 0.29) is 19.8 Å². The molecular weight excluding hydrogens is 435 g/mol. The molecule has 0 aliphatic carbocycles. The molecule has 1 aliphatic heterocycles. The number of hydrogen-bond acceptors (Lipinski definition) is 8. The molecule has 0 amide bonds. The molecule has 0 aromatic heterocycles. The van der Waals surface area contributed by atoms with Crippen LogP contribution in [0.25, 0.3) is 5.76 Å². The van der Waals surface area contributed by atoms with E-state index in [9.17, 15) is 4.57 Å². The van der Waals surface area contributed by atoms with Crippen LogP contribution < -0.4 is 18.9 Å². The van der Waals surface area contributed by atoms with Crippen LogP contribution in [0.15, 0.2) is 42.0 Å². The average Bonchev–Trinajstić information content (AvgIpc) is 2.80. The number of fused-ring (bicyclic) bond motifs is 1. The Hall–Kier alpha value is -2.67. The standard InChI is InChI=1S/C23H29O8P/c1-6-29-32(24,30-7-2)31-23-17(12-16-8-10-18(25-3)11-9-16)15-28-21-14-19(26-4)13-20(27-5)22(21)23/h8-11,13-14H,6-7,12,15H2,1-5H3. The highest BCUT2D eigenvalue weighted by Crippen LogP contribution is 2.56. The molecule has 8 nitrogen and oxygen atoms in total. The van der Waals surface area contributed by atoms with E-state index in [0.29, 0.717) is 35.0 Å². The summed E-state index contributed by atoms with van der Waals surface area (Å²) >= 11 is 0. The third-order valence-electron chi connectivity index (χ3n) is 4.80. The van der Waals surface area contributed by atoms with Crippen molar-refractivity contribution in [2.75, 3.05) is 41.2 Å². The monoisotopic (exact) mass is 464 g/mol. The van der Waals surface area contributed by atoms with Crippen molar-refractivity contribution in [1.29, 1.82) is 0 Å². The molecule has 0 N–H and O–H groups in total. The van der Waals surface area contributed by atoms with Crippen LogP contribution in [0.4, 0.5) is 0 Å². The third kappa shape index (κ3) is 5.38. The van der Waals surface area contributed by atoms with Gasteiger partial charge in [-0.3, -0.25) is 9.05 Å². The Morgan fingerprint density at radius 2 is 1.56 bits per heavy atom. The van der Waals surface area contributed by atoms with Crippen LogP contribution >= 0.6 is 7.82 Å². The Morgan fingerprint density at radius 3 is 2.12 bits per heavy atom. The largest absolute Gasteiger partial charge is 0.530 e. The number of phosphoric ester groups is 1. The van der Waals surface area contributed by atoms with E-state index in [4.69, 9.17) is 32.5 Å². The molecule has 0 spiro atoms. The summed E-state index contributed by atoms with van der Waals surface area (Å²) in [4.78, 5) is 0. The zero-order valence-corrected chi connectivity index (χ0v) is 19.9. The van der Waals surface area contributed by atoms with Gasteiger partial charge < -0.3 is 23.5 Å². The second-order valence-electron chi connectivity index (χ2n) is 6.82. The number of rotatable bonds is 11.